The van der Waals surface area contributed by atoms with Gasteiger partial charge in [-0.3, -0.25) is 0 Å². The monoisotopic (exact) mass is 177 g/mol. The van der Waals surface area contributed by atoms with Crippen LogP contribution in [0.15, 0.2) is 25.0 Å². The lowest BCUT2D eigenvalue weighted by Crippen LogP contribution is -2.14. The summed E-state index contributed by atoms with van der Waals surface area (Å²) < 4.78 is 0. The van der Waals surface area contributed by atoms with E-state index in [1.807, 2.05) is 18.5 Å². The molecular formula is C10H15N3. The molecule has 0 bridgehead atoms. The zero-order valence-electron chi connectivity index (χ0n) is 8.33. The highest BCUT2D eigenvalue weighted by Gasteiger charge is 2.16. The molecule has 0 amide bonds. The first-order valence-corrected chi connectivity index (χ1v) is 4.24. The molecule has 3 nitrogen and oxygen atoms in total. The van der Waals surface area contributed by atoms with Gasteiger partial charge in [0.2, 0.25) is 5.95 Å². The zero-order valence-corrected chi connectivity index (χ0v) is 8.33. The molecule has 0 saturated carbocycles. The van der Waals surface area contributed by atoms with Gasteiger partial charge in [0.05, 0.1) is 0 Å². The van der Waals surface area contributed by atoms with Gasteiger partial charge in [0.25, 0.3) is 0 Å². The summed E-state index contributed by atoms with van der Waals surface area (Å²) in [5.74, 6) is 0.642. The molecule has 1 N–H and O–H groups in total. The van der Waals surface area contributed by atoms with Crippen LogP contribution in [-0.4, -0.2) is 17.0 Å². The van der Waals surface area contributed by atoms with Crippen LogP contribution in [0, 0.1) is 0 Å². The molecule has 0 aliphatic carbocycles. The number of hydrogen-bond acceptors (Lipinski definition) is 3. The van der Waals surface area contributed by atoms with Crippen molar-refractivity contribution in [1.29, 1.82) is 0 Å². The minimum absolute atomic E-state index is 0.0632. The first-order chi connectivity index (χ1) is 6.10. The highest BCUT2D eigenvalue weighted by atomic mass is 15.1. The standard InChI is InChI=1S/C10H15N3/c1-5-10(2,3)8-6-12-9(11-4)13-7-8/h5-7H,1H2,2-4H3,(H,11,12,13). The minimum atomic E-state index is -0.0632. The summed E-state index contributed by atoms with van der Waals surface area (Å²) in [6.45, 7) is 7.94. The number of hydrogen-bond donors (Lipinski definition) is 1. The number of anilines is 1. The molecule has 70 valence electrons. The van der Waals surface area contributed by atoms with E-state index in [-0.39, 0.29) is 5.41 Å². The van der Waals surface area contributed by atoms with Gasteiger partial charge in [0.1, 0.15) is 0 Å². The smallest absolute Gasteiger partial charge is 0.222 e. The van der Waals surface area contributed by atoms with Crippen LogP contribution in [0.4, 0.5) is 5.95 Å². The van der Waals surface area contributed by atoms with E-state index in [0.29, 0.717) is 5.95 Å². The highest BCUT2D eigenvalue weighted by molar-refractivity contribution is 5.29. The molecule has 0 spiro atoms. The molecule has 1 rings (SSSR count). The molecule has 1 aromatic heterocycles. The Bertz CT molecular complexity index is 288. The molecule has 0 unspecified atom stereocenters. The van der Waals surface area contributed by atoms with Gasteiger partial charge < -0.3 is 5.32 Å². The predicted octanol–water partition coefficient (Wildman–Crippen LogP) is 1.98. The number of nitrogens with one attached hydrogen (secondary N) is 1. The fourth-order valence-corrected chi connectivity index (χ4v) is 0.908. The maximum Gasteiger partial charge on any atom is 0.222 e. The summed E-state index contributed by atoms with van der Waals surface area (Å²) >= 11 is 0. The Balaban J connectivity index is 2.98. The lowest BCUT2D eigenvalue weighted by molar-refractivity contribution is 0.663. The molecule has 0 saturated heterocycles. The third-order valence-corrected chi connectivity index (χ3v) is 2.13. The molecule has 0 aliphatic heterocycles. The van der Waals surface area contributed by atoms with Gasteiger partial charge in [0, 0.05) is 24.9 Å². The van der Waals surface area contributed by atoms with E-state index >= 15 is 0 Å². The predicted molar refractivity (Wildman–Crippen MR) is 54.8 cm³/mol. The average Bonchev–Trinajstić information content (AvgIpc) is 2.18. The fourth-order valence-electron chi connectivity index (χ4n) is 0.908. The van der Waals surface area contributed by atoms with Gasteiger partial charge in [-0.05, 0) is 5.56 Å². The largest absolute Gasteiger partial charge is 0.357 e. The maximum atomic E-state index is 4.14. The molecule has 1 heterocycles. The van der Waals surface area contributed by atoms with Crippen LogP contribution in [0.25, 0.3) is 0 Å². The first kappa shape index (κ1) is 9.71. The van der Waals surface area contributed by atoms with E-state index in [0.717, 1.165) is 5.56 Å². The van der Waals surface area contributed by atoms with Crippen LogP contribution in [0.3, 0.4) is 0 Å². The molecule has 3 heteroatoms. The molecular weight excluding hydrogens is 162 g/mol. The van der Waals surface area contributed by atoms with E-state index in [1.165, 1.54) is 0 Å². The summed E-state index contributed by atoms with van der Waals surface area (Å²) in [7, 11) is 1.80. The Morgan fingerprint density at radius 1 is 1.38 bits per heavy atom. The molecule has 0 atom stereocenters. The summed E-state index contributed by atoms with van der Waals surface area (Å²) in [6.07, 6.45) is 5.53. The number of rotatable bonds is 3. The number of allylic oxidation sites excluding steroid dienone is 1. The van der Waals surface area contributed by atoms with Crippen LogP contribution in [0.1, 0.15) is 19.4 Å². The van der Waals surface area contributed by atoms with Gasteiger partial charge in [-0.2, -0.15) is 0 Å². The average molecular weight is 177 g/mol. The Morgan fingerprint density at radius 3 is 2.31 bits per heavy atom. The van der Waals surface area contributed by atoms with Gasteiger partial charge >= 0.3 is 0 Å². The number of aromatic nitrogens is 2. The van der Waals surface area contributed by atoms with E-state index in [1.54, 1.807) is 7.05 Å². The van der Waals surface area contributed by atoms with Crippen molar-refractivity contribution in [3.05, 3.63) is 30.6 Å². The second kappa shape index (κ2) is 3.56. The molecule has 0 fully saturated rings. The minimum Gasteiger partial charge on any atom is -0.357 e. The van der Waals surface area contributed by atoms with Crippen LogP contribution in [-0.2, 0) is 5.41 Å². The van der Waals surface area contributed by atoms with Crippen molar-refractivity contribution in [2.75, 3.05) is 12.4 Å². The Morgan fingerprint density at radius 2 is 1.92 bits per heavy atom. The topological polar surface area (TPSA) is 37.8 Å². The van der Waals surface area contributed by atoms with Crippen LogP contribution < -0.4 is 5.32 Å². The van der Waals surface area contributed by atoms with Gasteiger partial charge in [-0.1, -0.05) is 19.9 Å². The Hall–Kier alpha value is -1.38. The molecule has 13 heavy (non-hydrogen) atoms. The lowest BCUT2D eigenvalue weighted by atomic mass is 9.87. The highest BCUT2D eigenvalue weighted by Crippen LogP contribution is 2.22. The summed E-state index contributed by atoms with van der Waals surface area (Å²) in [5, 5.41) is 2.88. The van der Waals surface area contributed by atoms with E-state index in [4.69, 9.17) is 0 Å². The van der Waals surface area contributed by atoms with Crippen LogP contribution in [0.5, 0.6) is 0 Å². The molecule has 0 radical (unpaired) electrons. The van der Waals surface area contributed by atoms with E-state index in [9.17, 15) is 0 Å². The van der Waals surface area contributed by atoms with Gasteiger partial charge in [-0.25, -0.2) is 9.97 Å². The third kappa shape index (κ3) is 2.05. The van der Waals surface area contributed by atoms with Crippen molar-refractivity contribution in [3.8, 4) is 0 Å². The maximum absolute atomic E-state index is 4.14. The van der Waals surface area contributed by atoms with Crippen molar-refractivity contribution in [2.24, 2.45) is 0 Å². The Kier molecular flexibility index (Phi) is 2.66. The van der Waals surface area contributed by atoms with Gasteiger partial charge in [0.15, 0.2) is 0 Å². The van der Waals surface area contributed by atoms with Crippen LogP contribution >= 0.6 is 0 Å². The quantitative estimate of drug-likeness (QED) is 0.717. The van der Waals surface area contributed by atoms with Gasteiger partial charge in [-0.15, -0.1) is 6.58 Å². The SMILES string of the molecule is C=CC(C)(C)c1cnc(NC)nc1. The molecule has 0 aromatic carbocycles. The third-order valence-electron chi connectivity index (χ3n) is 2.13. The second-order valence-corrected chi connectivity index (χ2v) is 3.47. The van der Waals surface area contributed by atoms with E-state index in [2.05, 4.69) is 35.7 Å². The fraction of sp³-hybridized carbons (Fsp3) is 0.400. The van der Waals surface area contributed by atoms with Crippen molar-refractivity contribution in [2.45, 2.75) is 19.3 Å². The van der Waals surface area contributed by atoms with Crippen molar-refractivity contribution >= 4 is 5.95 Å². The molecule has 1 aromatic rings. The normalized spacial score (nSPS) is 11.0. The summed E-state index contributed by atoms with van der Waals surface area (Å²) in [6, 6.07) is 0. The van der Waals surface area contributed by atoms with Crippen molar-refractivity contribution < 1.29 is 0 Å². The van der Waals surface area contributed by atoms with E-state index < -0.39 is 0 Å². The lowest BCUT2D eigenvalue weighted by Gasteiger charge is -2.19. The Labute approximate surface area is 78.9 Å². The van der Waals surface area contributed by atoms with Crippen LogP contribution in [0.2, 0.25) is 0 Å². The number of nitrogens with zero attached hydrogens (tertiary/aromatic N) is 2. The zero-order chi connectivity index (χ0) is 9.90. The summed E-state index contributed by atoms with van der Waals surface area (Å²) in [5.41, 5.74) is 1.01. The van der Waals surface area contributed by atoms with Crippen molar-refractivity contribution in [3.63, 3.8) is 0 Å². The van der Waals surface area contributed by atoms with Crippen molar-refractivity contribution in [1.82, 2.24) is 9.97 Å². The first-order valence-electron chi connectivity index (χ1n) is 4.24. The second-order valence-electron chi connectivity index (χ2n) is 3.47. The summed E-state index contributed by atoms with van der Waals surface area (Å²) in [4.78, 5) is 8.28. The molecule has 0 aliphatic rings.